The Morgan fingerprint density at radius 1 is 1.10 bits per heavy atom. The molecule has 110 valence electrons. The summed E-state index contributed by atoms with van der Waals surface area (Å²) in [7, 11) is -3.41. The second-order valence-electron chi connectivity index (χ2n) is 4.47. The molecule has 0 bridgehead atoms. The molecule has 1 amide bonds. The molecule has 1 heterocycles. The predicted octanol–water partition coefficient (Wildman–Crippen LogP) is 1.63. The molecule has 21 heavy (non-hydrogen) atoms. The molecule has 1 aromatic heterocycles. The van der Waals surface area contributed by atoms with Gasteiger partial charge in [-0.25, -0.2) is 8.42 Å². The van der Waals surface area contributed by atoms with Gasteiger partial charge >= 0.3 is 0 Å². The summed E-state index contributed by atoms with van der Waals surface area (Å²) < 4.78 is 25.0. The molecule has 7 heteroatoms. The van der Waals surface area contributed by atoms with Gasteiger partial charge in [0.2, 0.25) is 15.9 Å². The quantitative estimate of drug-likeness (QED) is 0.879. The molecular formula is C14H15N3O3S. The molecule has 2 rings (SSSR count). The molecular weight excluding hydrogens is 290 g/mol. The number of rotatable bonds is 5. The Hall–Kier alpha value is -2.41. The fraction of sp³-hybridized carbons (Fsp3) is 0.143. The fourth-order valence-electron chi connectivity index (χ4n) is 1.74. The van der Waals surface area contributed by atoms with Crippen LogP contribution in [0.3, 0.4) is 0 Å². The molecule has 0 unspecified atom stereocenters. The minimum atomic E-state index is -3.41. The van der Waals surface area contributed by atoms with Crippen molar-refractivity contribution in [2.45, 2.75) is 6.42 Å². The maximum atomic E-state index is 12.0. The van der Waals surface area contributed by atoms with Gasteiger partial charge in [-0.05, 0) is 24.3 Å². The van der Waals surface area contributed by atoms with Crippen LogP contribution < -0.4 is 10.0 Å². The van der Waals surface area contributed by atoms with Crippen LogP contribution in [0.5, 0.6) is 0 Å². The van der Waals surface area contributed by atoms with Crippen molar-refractivity contribution in [3.05, 3.63) is 54.4 Å². The van der Waals surface area contributed by atoms with Gasteiger partial charge in [-0.15, -0.1) is 0 Å². The van der Waals surface area contributed by atoms with Crippen molar-refractivity contribution in [3.63, 3.8) is 0 Å². The number of benzene rings is 1. The number of para-hydroxylation sites is 2. The lowest BCUT2D eigenvalue weighted by atomic mass is 10.2. The van der Waals surface area contributed by atoms with Gasteiger partial charge in [-0.2, -0.15) is 0 Å². The van der Waals surface area contributed by atoms with Crippen LogP contribution >= 0.6 is 0 Å². The zero-order chi connectivity index (χ0) is 15.3. The highest BCUT2D eigenvalue weighted by atomic mass is 32.2. The van der Waals surface area contributed by atoms with Crippen molar-refractivity contribution < 1.29 is 13.2 Å². The molecule has 0 spiro atoms. The summed E-state index contributed by atoms with van der Waals surface area (Å²) in [4.78, 5) is 16.0. The Morgan fingerprint density at radius 2 is 1.76 bits per heavy atom. The van der Waals surface area contributed by atoms with Crippen LogP contribution in [0, 0.1) is 0 Å². The van der Waals surface area contributed by atoms with Crippen molar-refractivity contribution in [1.82, 2.24) is 4.98 Å². The van der Waals surface area contributed by atoms with E-state index in [0.29, 0.717) is 17.1 Å². The molecule has 1 aromatic carbocycles. The van der Waals surface area contributed by atoms with Gasteiger partial charge in [0.25, 0.3) is 0 Å². The summed E-state index contributed by atoms with van der Waals surface area (Å²) in [5.74, 6) is -0.267. The molecule has 0 atom stereocenters. The molecule has 0 saturated carbocycles. The van der Waals surface area contributed by atoms with Gasteiger partial charge in [-0.3, -0.25) is 14.5 Å². The average molecular weight is 305 g/mol. The first-order valence-electron chi connectivity index (χ1n) is 6.20. The Labute approximate surface area is 123 Å². The molecule has 0 saturated heterocycles. The standard InChI is InChI=1S/C14H15N3O3S/c1-21(19,20)17-13-8-3-2-7-12(13)16-14(18)10-11-6-4-5-9-15-11/h2-9,17H,10H2,1H3,(H,16,18). The fourth-order valence-corrected chi connectivity index (χ4v) is 2.32. The van der Waals surface area contributed by atoms with Gasteiger partial charge in [0.05, 0.1) is 24.1 Å². The lowest BCUT2D eigenvalue weighted by Crippen LogP contribution is -2.17. The highest BCUT2D eigenvalue weighted by Crippen LogP contribution is 2.22. The highest BCUT2D eigenvalue weighted by Gasteiger charge is 2.10. The van der Waals surface area contributed by atoms with E-state index in [1.54, 1.807) is 48.7 Å². The number of carbonyl (C=O) groups is 1. The third-order valence-corrected chi connectivity index (χ3v) is 3.16. The second-order valence-corrected chi connectivity index (χ2v) is 6.21. The second kappa shape index (κ2) is 6.36. The highest BCUT2D eigenvalue weighted by molar-refractivity contribution is 7.92. The van der Waals surface area contributed by atoms with Crippen molar-refractivity contribution >= 4 is 27.3 Å². The largest absolute Gasteiger partial charge is 0.324 e. The Morgan fingerprint density at radius 3 is 2.38 bits per heavy atom. The number of nitrogens with one attached hydrogen (secondary N) is 2. The third kappa shape index (κ3) is 4.88. The van der Waals surface area contributed by atoms with Crippen molar-refractivity contribution in [1.29, 1.82) is 0 Å². The van der Waals surface area contributed by atoms with E-state index in [1.807, 2.05) is 0 Å². The number of nitrogens with zero attached hydrogens (tertiary/aromatic N) is 1. The van der Waals surface area contributed by atoms with Crippen molar-refractivity contribution in [2.75, 3.05) is 16.3 Å². The molecule has 2 aromatic rings. The lowest BCUT2D eigenvalue weighted by Gasteiger charge is -2.11. The van der Waals surface area contributed by atoms with E-state index in [1.165, 1.54) is 0 Å². The molecule has 6 nitrogen and oxygen atoms in total. The zero-order valence-corrected chi connectivity index (χ0v) is 12.2. The van der Waals surface area contributed by atoms with E-state index >= 15 is 0 Å². The van der Waals surface area contributed by atoms with Crippen molar-refractivity contribution in [3.8, 4) is 0 Å². The van der Waals surface area contributed by atoms with Crippen molar-refractivity contribution in [2.24, 2.45) is 0 Å². The predicted molar refractivity (Wildman–Crippen MR) is 81.5 cm³/mol. The smallest absolute Gasteiger partial charge is 0.230 e. The number of carbonyl (C=O) groups excluding carboxylic acids is 1. The zero-order valence-electron chi connectivity index (χ0n) is 11.4. The van der Waals surface area contributed by atoms with Crippen LogP contribution in [0.25, 0.3) is 0 Å². The molecule has 0 radical (unpaired) electrons. The van der Waals surface area contributed by atoms with Gasteiger partial charge in [0.1, 0.15) is 0 Å². The SMILES string of the molecule is CS(=O)(=O)Nc1ccccc1NC(=O)Cc1ccccn1. The number of hydrogen-bond acceptors (Lipinski definition) is 4. The maximum absolute atomic E-state index is 12.0. The lowest BCUT2D eigenvalue weighted by molar-refractivity contribution is -0.115. The Kier molecular flexibility index (Phi) is 4.54. The summed E-state index contributed by atoms with van der Waals surface area (Å²) >= 11 is 0. The van der Waals surface area contributed by atoms with Gasteiger partial charge in [-0.1, -0.05) is 18.2 Å². The van der Waals surface area contributed by atoms with Gasteiger partial charge in [0.15, 0.2) is 0 Å². The van der Waals surface area contributed by atoms with Crippen LogP contribution in [-0.2, 0) is 21.2 Å². The molecule has 0 aliphatic carbocycles. The molecule has 2 N–H and O–H groups in total. The Balaban J connectivity index is 2.11. The number of aromatic nitrogens is 1. The number of hydrogen-bond donors (Lipinski definition) is 2. The van der Waals surface area contributed by atoms with Crippen LogP contribution in [0.2, 0.25) is 0 Å². The summed E-state index contributed by atoms with van der Waals surface area (Å²) in [6, 6.07) is 11.9. The van der Waals surface area contributed by atoms with Gasteiger partial charge in [0, 0.05) is 11.9 Å². The van der Waals surface area contributed by atoms with E-state index in [-0.39, 0.29) is 12.3 Å². The summed E-state index contributed by atoms with van der Waals surface area (Å²) in [6.45, 7) is 0. The van der Waals surface area contributed by atoms with Crippen LogP contribution in [-0.4, -0.2) is 25.6 Å². The van der Waals surface area contributed by atoms with E-state index in [0.717, 1.165) is 6.26 Å². The first-order valence-corrected chi connectivity index (χ1v) is 8.10. The summed E-state index contributed by atoms with van der Waals surface area (Å²) in [6.07, 6.45) is 2.79. The molecule has 0 fully saturated rings. The minimum Gasteiger partial charge on any atom is -0.324 e. The van der Waals surface area contributed by atoms with E-state index < -0.39 is 10.0 Å². The monoisotopic (exact) mass is 305 g/mol. The topological polar surface area (TPSA) is 88.2 Å². The first kappa shape index (κ1) is 15.0. The number of sulfonamides is 1. The third-order valence-electron chi connectivity index (χ3n) is 2.56. The van der Waals surface area contributed by atoms with Crippen LogP contribution in [0.4, 0.5) is 11.4 Å². The average Bonchev–Trinajstić information content (AvgIpc) is 2.40. The summed E-state index contributed by atoms with van der Waals surface area (Å²) in [5.41, 5.74) is 1.38. The van der Waals surface area contributed by atoms with E-state index in [2.05, 4.69) is 15.0 Å². The van der Waals surface area contributed by atoms with E-state index in [9.17, 15) is 13.2 Å². The molecule has 0 aliphatic heterocycles. The Bertz CT molecular complexity index is 730. The van der Waals surface area contributed by atoms with Crippen LogP contribution in [0.15, 0.2) is 48.7 Å². The van der Waals surface area contributed by atoms with Gasteiger partial charge < -0.3 is 5.32 Å². The minimum absolute atomic E-state index is 0.119. The molecule has 0 aliphatic rings. The maximum Gasteiger partial charge on any atom is 0.230 e. The number of pyridine rings is 1. The summed E-state index contributed by atoms with van der Waals surface area (Å²) in [5, 5.41) is 2.68. The number of anilines is 2. The van der Waals surface area contributed by atoms with E-state index in [4.69, 9.17) is 0 Å². The number of amides is 1. The van der Waals surface area contributed by atoms with Crippen LogP contribution in [0.1, 0.15) is 5.69 Å². The first-order chi connectivity index (χ1) is 9.94. The normalized spacial score (nSPS) is 10.9.